The molecule has 1 saturated heterocycles. The Balaban J connectivity index is 1.49. The van der Waals surface area contributed by atoms with Crippen molar-refractivity contribution in [2.24, 2.45) is 7.05 Å². The highest BCUT2D eigenvalue weighted by Gasteiger charge is 2.24. The van der Waals surface area contributed by atoms with Crippen molar-refractivity contribution < 1.29 is 18.3 Å². The summed E-state index contributed by atoms with van der Waals surface area (Å²) in [4.78, 5) is 21.4. The largest absolute Gasteiger partial charge is 0.479 e. The summed E-state index contributed by atoms with van der Waals surface area (Å²) in [5.74, 6) is -0.906. The van der Waals surface area contributed by atoms with Gasteiger partial charge in [0.15, 0.2) is 5.82 Å². The number of carbonyl (C=O) groups is 1. The Morgan fingerprint density at radius 1 is 1.18 bits per heavy atom. The van der Waals surface area contributed by atoms with Crippen LogP contribution in [-0.4, -0.2) is 58.9 Å². The molecule has 1 fully saturated rings. The molecule has 0 unspecified atom stereocenters. The van der Waals surface area contributed by atoms with Crippen LogP contribution in [0.4, 0.5) is 20.3 Å². The predicted molar refractivity (Wildman–Crippen MR) is 121 cm³/mol. The van der Waals surface area contributed by atoms with E-state index in [0.29, 0.717) is 55.4 Å². The lowest BCUT2D eigenvalue weighted by Gasteiger charge is -2.36. The summed E-state index contributed by atoms with van der Waals surface area (Å²) in [6, 6.07) is 7.13. The summed E-state index contributed by atoms with van der Waals surface area (Å²) in [5, 5.41) is 16.2. The lowest BCUT2D eigenvalue weighted by Crippen LogP contribution is -2.46. The van der Waals surface area contributed by atoms with Gasteiger partial charge in [0.05, 0.1) is 18.4 Å². The van der Waals surface area contributed by atoms with E-state index in [1.807, 2.05) is 11.0 Å². The van der Waals surface area contributed by atoms with Crippen LogP contribution in [0.25, 0.3) is 0 Å². The maximum atomic E-state index is 13.5. The number of aryl methyl sites for hydroxylation is 1. The van der Waals surface area contributed by atoms with E-state index in [1.54, 1.807) is 19.3 Å². The number of rotatable bonds is 6. The molecule has 11 heteroatoms. The number of benzene rings is 1. The zero-order chi connectivity index (χ0) is 24.2. The van der Waals surface area contributed by atoms with Crippen LogP contribution in [0.15, 0.2) is 36.7 Å². The van der Waals surface area contributed by atoms with E-state index in [0.717, 1.165) is 6.07 Å². The van der Waals surface area contributed by atoms with E-state index in [-0.39, 0.29) is 11.4 Å². The number of hydrogen-bond acceptors (Lipinski definition) is 7. The number of amides is 1. The van der Waals surface area contributed by atoms with Crippen molar-refractivity contribution in [2.75, 3.05) is 43.5 Å². The number of nitrogens with zero attached hydrogens (tertiary/aromatic N) is 6. The molecule has 176 valence electrons. The van der Waals surface area contributed by atoms with Crippen LogP contribution in [0.1, 0.15) is 21.5 Å². The van der Waals surface area contributed by atoms with Crippen molar-refractivity contribution in [3.05, 3.63) is 65.0 Å². The molecule has 0 radical (unpaired) electrons. The molecule has 34 heavy (non-hydrogen) atoms. The number of nitriles is 1. The molecule has 0 spiro atoms. The fourth-order valence-electron chi connectivity index (χ4n) is 3.91. The van der Waals surface area contributed by atoms with Crippen molar-refractivity contribution in [2.45, 2.75) is 6.54 Å². The maximum absolute atomic E-state index is 13.5. The predicted octanol–water partition coefficient (Wildman–Crippen LogP) is 2.55. The normalized spacial score (nSPS) is 14.0. The molecule has 0 atom stereocenters. The molecule has 1 N–H and O–H groups in total. The van der Waals surface area contributed by atoms with Crippen LogP contribution in [0.3, 0.4) is 0 Å². The lowest BCUT2D eigenvalue weighted by atomic mass is 10.1. The minimum atomic E-state index is -0.596. The number of halogens is 2. The number of ether oxygens (including phenoxy) is 1. The van der Waals surface area contributed by atoms with Crippen LogP contribution >= 0.6 is 0 Å². The highest BCUT2D eigenvalue weighted by Crippen LogP contribution is 2.27. The zero-order valence-corrected chi connectivity index (χ0v) is 18.8. The van der Waals surface area contributed by atoms with E-state index < -0.39 is 17.5 Å². The van der Waals surface area contributed by atoms with Gasteiger partial charge in [0.25, 0.3) is 5.91 Å². The van der Waals surface area contributed by atoms with Crippen molar-refractivity contribution in [1.82, 2.24) is 19.7 Å². The first-order valence-electron chi connectivity index (χ1n) is 10.6. The van der Waals surface area contributed by atoms with Crippen LogP contribution in [0.5, 0.6) is 5.88 Å². The molecule has 2 aromatic heterocycles. The molecule has 3 heterocycles. The summed E-state index contributed by atoms with van der Waals surface area (Å²) in [5.41, 5.74) is 1.53. The Morgan fingerprint density at radius 2 is 1.88 bits per heavy atom. The first kappa shape index (κ1) is 23.1. The molecule has 1 amide bonds. The Morgan fingerprint density at radius 3 is 2.53 bits per heavy atom. The van der Waals surface area contributed by atoms with Gasteiger partial charge in [-0.15, -0.1) is 5.10 Å². The van der Waals surface area contributed by atoms with Crippen molar-refractivity contribution in [3.63, 3.8) is 0 Å². The third-order valence-electron chi connectivity index (χ3n) is 5.48. The number of nitrogens with one attached hydrogen (secondary N) is 1. The molecule has 4 rings (SSSR count). The second kappa shape index (κ2) is 9.84. The minimum Gasteiger partial charge on any atom is -0.479 e. The number of piperazine rings is 1. The summed E-state index contributed by atoms with van der Waals surface area (Å²) < 4.78 is 33.6. The Kier molecular flexibility index (Phi) is 6.70. The third-order valence-corrected chi connectivity index (χ3v) is 5.48. The van der Waals surface area contributed by atoms with Gasteiger partial charge in [-0.1, -0.05) is 0 Å². The van der Waals surface area contributed by atoms with Crippen molar-refractivity contribution >= 4 is 17.4 Å². The summed E-state index contributed by atoms with van der Waals surface area (Å²) in [6.07, 6.45) is 3.00. The molecule has 1 aliphatic rings. The van der Waals surface area contributed by atoms with Crippen LogP contribution < -0.4 is 15.0 Å². The number of hydrogen-bond donors (Lipinski definition) is 1. The third kappa shape index (κ3) is 5.13. The number of pyridine rings is 1. The van der Waals surface area contributed by atoms with Crippen molar-refractivity contribution in [1.29, 1.82) is 5.26 Å². The number of aromatic nitrogens is 3. The van der Waals surface area contributed by atoms with Gasteiger partial charge in [0.2, 0.25) is 5.88 Å². The second-order valence-corrected chi connectivity index (χ2v) is 7.93. The van der Waals surface area contributed by atoms with Gasteiger partial charge in [0.1, 0.15) is 23.3 Å². The monoisotopic (exact) mass is 467 g/mol. The van der Waals surface area contributed by atoms with Crippen LogP contribution in [0.2, 0.25) is 0 Å². The molecule has 0 bridgehead atoms. The lowest BCUT2D eigenvalue weighted by molar-refractivity contribution is 0.102. The van der Waals surface area contributed by atoms with Gasteiger partial charge in [-0.3, -0.25) is 14.4 Å². The maximum Gasteiger partial charge on any atom is 0.262 e. The van der Waals surface area contributed by atoms with Gasteiger partial charge < -0.3 is 15.0 Å². The van der Waals surface area contributed by atoms with E-state index in [4.69, 9.17) is 4.74 Å². The molecule has 1 aliphatic heterocycles. The molecule has 3 aromatic rings. The first-order valence-corrected chi connectivity index (χ1v) is 10.6. The highest BCUT2D eigenvalue weighted by molar-refractivity contribution is 6.07. The van der Waals surface area contributed by atoms with Gasteiger partial charge in [-0.05, 0) is 23.8 Å². The quantitative estimate of drug-likeness (QED) is 0.595. The standard InChI is InChI=1S/C23H23F2N7O2/c1-30-14-19(23(29-30)34-2)22(33)28-20-9-16(11-26)12-27-21(20)32-5-3-31(4-6-32)13-15-7-17(24)10-18(25)8-15/h7-10,12,14H,3-6,13H2,1-2H3,(H,28,33). The number of methoxy groups -OCH3 is 1. The Labute approximate surface area is 195 Å². The average molecular weight is 467 g/mol. The van der Waals surface area contributed by atoms with E-state index in [2.05, 4.69) is 20.3 Å². The smallest absolute Gasteiger partial charge is 0.262 e. The van der Waals surface area contributed by atoms with E-state index in [1.165, 1.54) is 30.1 Å². The van der Waals surface area contributed by atoms with Gasteiger partial charge in [-0.25, -0.2) is 13.8 Å². The fourth-order valence-corrected chi connectivity index (χ4v) is 3.91. The second-order valence-electron chi connectivity index (χ2n) is 7.93. The van der Waals surface area contributed by atoms with Crippen LogP contribution in [-0.2, 0) is 13.6 Å². The Bertz CT molecular complexity index is 1230. The molecule has 1 aromatic carbocycles. The summed E-state index contributed by atoms with van der Waals surface area (Å²) in [6.45, 7) is 2.84. The minimum absolute atomic E-state index is 0.188. The topological polar surface area (TPSA) is 99.3 Å². The number of anilines is 2. The summed E-state index contributed by atoms with van der Waals surface area (Å²) >= 11 is 0. The molecule has 0 aliphatic carbocycles. The molecule has 0 saturated carbocycles. The van der Waals surface area contributed by atoms with Crippen LogP contribution in [0, 0.1) is 23.0 Å². The zero-order valence-electron chi connectivity index (χ0n) is 18.8. The highest BCUT2D eigenvalue weighted by atomic mass is 19.1. The number of carbonyl (C=O) groups excluding carboxylic acids is 1. The molecular formula is C23H23F2N7O2. The van der Waals surface area contributed by atoms with Gasteiger partial charge >= 0.3 is 0 Å². The van der Waals surface area contributed by atoms with Crippen molar-refractivity contribution in [3.8, 4) is 11.9 Å². The average Bonchev–Trinajstić information content (AvgIpc) is 3.20. The van der Waals surface area contributed by atoms with Gasteiger partial charge in [-0.2, -0.15) is 5.26 Å². The molecular weight excluding hydrogens is 444 g/mol. The SMILES string of the molecule is COc1nn(C)cc1C(=O)Nc1cc(C#N)cnc1N1CCN(Cc2cc(F)cc(F)c2)CC1. The van der Waals surface area contributed by atoms with E-state index >= 15 is 0 Å². The van der Waals surface area contributed by atoms with E-state index in [9.17, 15) is 18.8 Å². The first-order chi connectivity index (χ1) is 16.4. The fraction of sp³-hybridized carbons (Fsp3) is 0.304. The van der Waals surface area contributed by atoms with Gasteiger partial charge in [0, 0.05) is 58.2 Å². The molecule has 9 nitrogen and oxygen atoms in total. The Hall–Kier alpha value is -4.04. The summed E-state index contributed by atoms with van der Waals surface area (Å²) in [7, 11) is 3.11.